The molecular weight excluding hydrogens is 266 g/mol. The van der Waals surface area contributed by atoms with Crippen LogP contribution in [0.5, 0.6) is 0 Å². The van der Waals surface area contributed by atoms with E-state index in [1.165, 1.54) is 4.90 Å². The minimum absolute atomic E-state index is 0.245. The Morgan fingerprint density at radius 3 is 2.67 bits per heavy atom. The van der Waals surface area contributed by atoms with Crippen molar-refractivity contribution in [3.05, 3.63) is 47.3 Å². The van der Waals surface area contributed by atoms with Gasteiger partial charge in [-0.2, -0.15) is 0 Å². The van der Waals surface area contributed by atoms with Crippen molar-refractivity contribution in [2.75, 3.05) is 20.1 Å². The van der Waals surface area contributed by atoms with Crippen molar-refractivity contribution in [3.63, 3.8) is 0 Å². The summed E-state index contributed by atoms with van der Waals surface area (Å²) in [5, 5.41) is 6.13. The molecule has 0 saturated carbocycles. The van der Waals surface area contributed by atoms with Gasteiger partial charge in [0, 0.05) is 37.6 Å². The molecule has 0 aliphatic heterocycles. The molecule has 0 saturated heterocycles. The molecule has 5 heteroatoms. The molecule has 2 N–H and O–H groups in total. The highest BCUT2D eigenvalue weighted by Gasteiger charge is 2.15. The molecule has 1 rings (SSSR count). The average Bonchev–Trinajstić information content (AvgIpc) is 2.50. The van der Waals surface area contributed by atoms with Crippen LogP contribution in [0.1, 0.15) is 29.3 Å². The van der Waals surface area contributed by atoms with Gasteiger partial charge >= 0.3 is 0 Å². The highest BCUT2D eigenvalue weighted by molar-refractivity contribution is 6.00. The van der Waals surface area contributed by atoms with Crippen LogP contribution in [-0.4, -0.2) is 37.4 Å². The number of allylic oxidation sites excluding steroid dienone is 1. The van der Waals surface area contributed by atoms with Crippen LogP contribution in [0.3, 0.4) is 0 Å². The van der Waals surface area contributed by atoms with Gasteiger partial charge in [-0.1, -0.05) is 18.2 Å². The van der Waals surface area contributed by atoms with Crippen molar-refractivity contribution >= 4 is 12.3 Å². The third kappa shape index (κ3) is 5.30. The summed E-state index contributed by atoms with van der Waals surface area (Å²) in [5.74, 6) is -0.245. The molecule has 0 aliphatic carbocycles. The summed E-state index contributed by atoms with van der Waals surface area (Å²) in [6.45, 7) is 4.91. The summed E-state index contributed by atoms with van der Waals surface area (Å²) in [6.07, 6.45) is 3.17. The van der Waals surface area contributed by atoms with E-state index in [1.807, 2.05) is 39.2 Å². The predicted molar refractivity (Wildman–Crippen MR) is 83.7 cm³/mol. The fraction of sp³-hybridized carbons (Fsp3) is 0.375. The van der Waals surface area contributed by atoms with E-state index in [-0.39, 0.29) is 5.91 Å². The summed E-state index contributed by atoms with van der Waals surface area (Å²) in [4.78, 5) is 24.6. The molecule has 0 atom stereocenters. The average molecular weight is 289 g/mol. The smallest absolute Gasteiger partial charge is 0.260 e. The first kappa shape index (κ1) is 16.8. The van der Waals surface area contributed by atoms with Crippen LogP contribution in [0.4, 0.5) is 0 Å². The van der Waals surface area contributed by atoms with Crippen LogP contribution in [0.15, 0.2) is 36.2 Å². The van der Waals surface area contributed by atoms with Crippen molar-refractivity contribution in [1.82, 2.24) is 15.5 Å². The Morgan fingerprint density at radius 1 is 1.33 bits per heavy atom. The molecule has 0 unspecified atom stereocenters. The number of carbonyl (C=O) groups is 2. The lowest BCUT2D eigenvalue weighted by molar-refractivity contribution is -0.116. The third-order valence-corrected chi connectivity index (χ3v) is 3.20. The zero-order valence-corrected chi connectivity index (χ0v) is 12.8. The number of carbonyl (C=O) groups excluding carboxylic acids is 2. The van der Waals surface area contributed by atoms with E-state index in [0.717, 1.165) is 11.3 Å². The number of hydrogen-bond acceptors (Lipinski definition) is 4. The van der Waals surface area contributed by atoms with Gasteiger partial charge in [0.05, 0.1) is 0 Å². The minimum Gasteiger partial charge on any atom is -0.390 e. The van der Waals surface area contributed by atoms with Crippen LogP contribution in [0, 0.1) is 6.92 Å². The number of hydrogen-bond donors (Lipinski definition) is 2. The maximum atomic E-state index is 12.3. The molecule has 2 amide bonds. The molecule has 0 heterocycles. The topological polar surface area (TPSA) is 61.4 Å². The normalized spacial score (nSPS) is 10.9. The standard InChI is InChI=1S/C16H23N3O2/c1-13-7-4-5-8-15(13)16(21)19(12-20)10-6-9-18-11-14(2)17-3/h4-5,7-8,11-12,17-18H,6,9-10H2,1-3H3/b14-11-. The monoisotopic (exact) mass is 289 g/mol. The molecule has 0 aliphatic rings. The molecule has 1 aromatic rings. The molecule has 114 valence electrons. The summed E-state index contributed by atoms with van der Waals surface area (Å²) >= 11 is 0. The Morgan fingerprint density at radius 2 is 2.05 bits per heavy atom. The quantitative estimate of drug-likeness (QED) is 0.564. The predicted octanol–water partition coefficient (Wildman–Crippen LogP) is 1.65. The molecule has 1 aromatic carbocycles. The Balaban J connectivity index is 2.50. The van der Waals surface area contributed by atoms with Crippen molar-refractivity contribution in [1.29, 1.82) is 0 Å². The SMILES string of the molecule is CN/C(C)=C\NCCCN(C=O)C(=O)c1ccccc1C. The number of benzene rings is 1. The molecule has 0 radical (unpaired) electrons. The molecule has 21 heavy (non-hydrogen) atoms. The van der Waals surface area contributed by atoms with Gasteiger partial charge in [0.2, 0.25) is 6.41 Å². The molecule has 5 nitrogen and oxygen atoms in total. The molecule has 0 fully saturated rings. The van der Waals surface area contributed by atoms with E-state index in [1.54, 1.807) is 12.1 Å². The van der Waals surface area contributed by atoms with Gasteiger partial charge in [-0.25, -0.2) is 0 Å². The van der Waals surface area contributed by atoms with Crippen molar-refractivity contribution in [2.24, 2.45) is 0 Å². The number of imide groups is 1. The van der Waals surface area contributed by atoms with Crippen LogP contribution < -0.4 is 10.6 Å². The third-order valence-electron chi connectivity index (χ3n) is 3.20. The number of amides is 2. The van der Waals surface area contributed by atoms with Gasteiger partial charge in [0.25, 0.3) is 5.91 Å². The Hall–Kier alpha value is -2.30. The second kappa shape index (κ2) is 8.79. The Kier molecular flexibility index (Phi) is 7.01. The summed E-state index contributed by atoms with van der Waals surface area (Å²) < 4.78 is 0. The van der Waals surface area contributed by atoms with E-state index < -0.39 is 0 Å². The highest BCUT2D eigenvalue weighted by atomic mass is 16.2. The molecule has 0 aromatic heterocycles. The molecule has 0 bridgehead atoms. The second-order valence-corrected chi connectivity index (χ2v) is 4.80. The molecular formula is C16H23N3O2. The van der Waals surface area contributed by atoms with Crippen molar-refractivity contribution in [3.8, 4) is 0 Å². The first-order valence-corrected chi connectivity index (χ1v) is 7.00. The second-order valence-electron chi connectivity index (χ2n) is 4.80. The zero-order valence-electron chi connectivity index (χ0n) is 12.8. The van der Waals surface area contributed by atoms with Crippen LogP contribution in [-0.2, 0) is 4.79 Å². The molecule has 0 spiro atoms. The van der Waals surface area contributed by atoms with E-state index in [4.69, 9.17) is 0 Å². The number of nitrogens with zero attached hydrogens (tertiary/aromatic N) is 1. The van der Waals surface area contributed by atoms with Gasteiger partial charge in [-0.05, 0) is 31.9 Å². The lowest BCUT2D eigenvalue weighted by Crippen LogP contribution is -2.32. The largest absolute Gasteiger partial charge is 0.390 e. The van der Waals surface area contributed by atoms with Crippen LogP contribution in [0.2, 0.25) is 0 Å². The van der Waals surface area contributed by atoms with E-state index >= 15 is 0 Å². The number of aryl methyl sites for hydroxylation is 1. The lowest BCUT2D eigenvalue weighted by Gasteiger charge is -2.16. The van der Waals surface area contributed by atoms with E-state index in [0.29, 0.717) is 31.5 Å². The van der Waals surface area contributed by atoms with E-state index in [2.05, 4.69) is 10.6 Å². The van der Waals surface area contributed by atoms with Crippen LogP contribution >= 0.6 is 0 Å². The minimum atomic E-state index is -0.245. The van der Waals surface area contributed by atoms with Gasteiger partial charge in [-0.3, -0.25) is 14.5 Å². The first-order chi connectivity index (χ1) is 10.1. The Bertz CT molecular complexity index is 512. The van der Waals surface area contributed by atoms with E-state index in [9.17, 15) is 9.59 Å². The fourth-order valence-electron chi connectivity index (χ4n) is 1.82. The Labute approximate surface area is 126 Å². The van der Waals surface area contributed by atoms with Crippen molar-refractivity contribution in [2.45, 2.75) is 20.3 Å². The number of nitrogens with one attached hydrogen (secondary N) is 2. The maximum absolute atomic E-state index is 12.3. The summed E-state index contributed by atoms with van der Waals surface area (Å²) in [6, 6.07) is 7.28. The lowest BCUT2D eigenvalue weighted by atomic mass is 10.1. The summed E-state index contributed by atoms with van der Waals surface area (Å²) in [5.41, 5.74) is 2.47. The van der Waals surface area contributed by atoms with Crippen molar-refractivity contribution < 1.29 is 9.59 Å². The maximum Gasteiger partial charge on any atom is 0.260 e. The number of rotatable bonds is 8. The van der Waals surface area contributed by atoms with Crippen LogP contribution in [0.25, 0.3) is 0 Å². The van der Waals surface area contributed by atoms with Gasteiger partial charge < -0.3 is 10.6 Å². The fourth-order valence-corrected chi connectivity index (χ4v) is 1.82. The first-order valence-electron chi connectivity index (χ1n) is 7.00. The van der Waals surface area contributed by atoms with Gasteiger partial charge in [0.15, 0.2) is 0 Å². The summed E-state index contributed by atoms with van der Waals surface area (Å²) in [7, 11) is 1.85. The van der Waals surface area contributed by atoms with Gasteiger partial charge in [-0.15, -0.1) is 0 Å². The zero-order chi connectivity index (χ0) is 15.7. The highest BCUT2D eigenvalue weighted by Crippen LogP contribution is 2.09. The van der Waals surface area contributed by atoms with Gasteiger partial charge in [0.1, 0.15) is 0 Å².